The van der Waals surface area contributed by atoms with Crippen molar-refractivity contribution < 1.29 is 14.3 Å². The molecule has 144 valence electrons. The van der Waals surface area contributed by atoms with E-state index in [2.05, 4.69) is 15.6 Å². The maximum absolute atomic E-state index is 12.3. The Morgan fingerprint density at radius 1 is 1.04 bits per heavy atom. The Labute approximate surface area is 168 Å². The van der Waals surface area contributed by atoms with Crippen molar-refractivity contribution in [2.45, 2.75) is 0 Å². The van der Waals surface area contributed by atoms with Gasteiger partial charge in [0.2, 0.25) is 0 Å². The van der Waals surface area contributed by atoms with Crippen LogP contribution in [0.2, 0.25) is 5.02 Å². The Bertz CT molecular complexity index is 932. The predicted octanol–water partition coefficient (Wildman–Crippen LogP) is 4.30. The molecule has 7 heteroatoms. The van der Waals surface area contributed by atoms with Crippen LogP contribution in [0.15, 0.2) is 66.9 Å². The molecule has 0 bridgehead atoms. The number of carbonyl (C=O) groups excluding carboxylic acids is 1. The van der Waals surface area contributed by atoms with Gasteiger partial charge in [-0.3, -0.25) is 9.78 Å². The number of pyridine rings is 1. The Hall–Kier alpha value is -3.25. The van der Waals surface area contributed by atoms with E-state index in [1.165, 1.54) is 0 Å². The number of rotatable bonds is 8. The molecule has 1 aromatic heterocycles. The third-order valence-electron chi connectivity index (χ3n) is 3.82. The molecule has 2 N–H and O–H groups in total. The Morgan fingerprint density at radius 2 is 1.79 bits per heavy atom. The largest absolute Gasteiger partial charge is 0.497 e. The van der Waals surface area contributed by atoms with Gasteiger partial charge < -0.3 is 20.1 Å². The molecule has 0 spiro atoms. The first-order valence-corrected chi connectivity index (χ1v) is 9.05. The molecule has 0 saturated heterocycles. The monoisotopic (exact) mass is 397 g/mol. The first-order chi connectivity index (χ1) is 13.6. The number of aromatic nitrogens is 1. The molecule has 1 amide bonds. The molecule has 1 heterocycles. The zero-order valence-corrected chi connectivity index (χ0v) is 16.1. The van der Waals surface area contributed by atoms with E-state index in [1.807, 2.05) is 36.4 Å². The summed E-state index contributed by atoms with van der Waals surface area (Å²) in [7, 11) is 1.61. The van der Waals surface area contributed by atoms with Gasteiger partial charge in [-0.2, -0.15) is 0 Å². The molecule has 3 rings (SSSR count). The quantitative estimate of drug-likeness (QED) is 0.554. The second-order valence-corrected chi connectivity index (χ2v) is 6.28. The van der Waals surface area contributed by atoms with Crippen LogP contribution in [0.25, 0.3) is 0 Å². The lowest BCUT2D eigenvalue weighted by molar-refractivity contribution is 0.0942. The predicted molar refractivity (Wildman–Crippen MR) is 110 cm³/mol. The lowest BCUT2D eigenvalue weighted by atomic mass is 10.2. The highest BCUT2D eigenvalue weighted by atomic mass is 35.5. The molecule has 0 unspecified atom stereocenters. The van der Waals surface area contributed by atoms with Crippen molar-refractivity contribution in [3.63, 3.8) is 0 Å². The zero-order valence-electron chi connectivity index (χ0n) is 15.3. The van der Waals surface area contributed by atoms with E-state index in [1.54, 1.807) is 37.6 Å². The van der Waals surface area contributed by atoms with Crippen LogP contribution >= 0.6 is 11.6 Å². The molecule has 3 aromatic rings. The van der Waals surface area contributed by atoms with Gasteiger partial charge in [-0.1, -0.05) is 17.7 Å². The average Bonchev–Trinajstić information content (AvgIpc) is 2.72. The highest BCUT2D eigenvalue weighted by molar-refractivity contribution is 6.30. The van der Waals surface area contributed by atoms with Gasteiger partial charge >= 0.3 is 0 Å². The first kappa shape index (κ1) is 19.5. The number of benzene rings is 2. The van der Waals surface area contributed by atoms with Crippen LogP contribution in [-0.2, 0) is 0 Å². The molecular formula is C21H20ClN3O3. The summed E-state index contributed by atoms with van der Waals surface area (Å²) in [4.78, 5) is 16.4. The highest BCUT2D eigenvalue weighted by Gasteiger charge is 2.08. The van der Waals surface area contributed by atoms with Crippen LogP contribution in [0.1, 0.15) is 10.5 Å². The fourth-order valence-electron chi connectivity index (χ4n) is 2.46. The normalized spacial score (nSPS) is 10.2. The number of hydrogen-bond acceptors (Lipinski definition) is 5. The molecule has 0 fully saturated rings. The fourth-order valence-corrected chi connectivity index (χ4v) is 2.65. The van der Waals surface area contributed by atoms with Gasteiger partial charge in [-0.15, -0.1) is 0 Å². The van der Waals surface area contributed by atoms with Crippen LogP contribution in [0.4, 0.5) is 11.4 Å². The van der Waals surface area contributed by atoms with Gasteiger partial charge in [0.25, 0.3) is 5.91 Å². The molecule has 6 nitrogen and oxygen atoms in total. The highest BCUT2D eigenvalue weighted by Crippen LogP contribution is 2.20. The smallest absolute Gasteiger partial charge is 0.270 e. The van der Waals surface area contributed by atoms with Gasteiger partial charge in [-0.25, -0.2) is 0 Å². The minimum Gasteiger partial charge on any atom is -0.497 e. The Morgan fingerprint density at radius 3 is 2.54 bits per heavy atom. The summed E-state index contributed by atoms with van der Waals surface area (Å²) in [6.07, 6.45) is 1.58. The molecule has 0 radical (unpaired) electrons. The number of ether oxygens (including phenoxy) is 2. The maximum atomic E-state index is 12.3. The van der Waals surface area contributed by atoms with Crippen molar-refractivity contribution >= 4 is 28.9 Å². The summed E-state index contributed by atoms with van der Waals surface area (Å²) in [5, 5.41) is 6.62. The van der Waals surface area contributed by atoms with Crippen molar-refractivity contribution in [3.05, 3.63) is 77.6 Å². The van der Waals surface area contributed by atoms with E-state index in [-0.39, 0.29) is 5.91 Å². The van der Waals surface area contributed by atoms with E-state index < -0.39 is 0 Å². The summed E-state index contributed by atoms with van der Waals surface area (Å²) in [5.74, 6) is 1.20. The van der Waals surface area contributed by atoms with Crippen molar-refractivity contribution in [1.29, 1.82) is 0 Å². The number of amides is 1. The maximum Gasteiger partial charge on any atom is 0.270 e. The number of anilines is 2. The van der Waals surface area contributed by atoms with Crippen molar-refractivity contribution in [2.24, 2.45) is 0 Å². The molecule has 28 heavy (non-hydrogen) atoms. The number of nitrogens with one attached hydrogen (secondary N) is 2. The number of halogens is 1. The molecule has 0 aliphatic carbocycles. The first-order valence-electron chi connectivity index (χ1n) is 8.68. The summed E-state index contributed by atoms with van der Waals surface area (Å²) in [5.41, 5.74) is 1.89. The third kappa shape index (κ3) is 5.62. The molecule has 0 saturated carbocycles. The van der Waals surface area contributed by atoms with E-state index in [9.17, 15) is 4.79 Å². The van der Waals surface area contributed by atoms with E-state index >= 15 is 0 Å². The number of hydrogen-bond donors (Lipinski definition) is 2. The fraction of sp³-hybridized carbons (Fsp3) is 0.143. The van der Waals surface area contributed by atoms with Crippen LogP contribution in [0.5, 0.6) is 11.5 Å². The van der Waals surface area contributed by atoms with Gasteiger partial charge in [0.05, 0.1) is 13.7 Å². The molecule has 0 atom stereocenters. The van der Waals surface area contributed by atoms with E-state index in [4.69, 9.17) is 21.1 Å². The van der Waals surface area contributed by atoms with Gasteiger partial charge in [0, 0.05) is 22.6 Å². The van der Waals surface area contributed by atoms with Crippen LogP contribution in [0, 0.1) is 0 Å². The molecular weight excluding hydrogens is 378 g/mol. The summed E-state index contributed by atoms with van der Waals surface area (Å²) >= 11 is 5.99. The summed E-state index contributed by atoms with van der Waals surface area (Å²) in [6.45, 7) is 0.705. The molecule has 0 aliphatic heterocycles. The zero-order chi connectivity index (χ0) is 19.8. The summed E-state index contributed by atoms with van der Waals surface area (Å²) < 4.78 is 10.7. The van der Waals surface area contributed by atoms with Crippen LogP contribution in [-0.4, -0.2) is 31.2 Å². The molecule has 2 aromatic carbocycles. The average molecular weight is 398 g/mol. The van der Waals surface area contributed by atoms with E-state index in [0.29, 0.717) is 29.6 Å². The van der Waals surface area contributed by atoms with Crippen molar-refractivity contribution in [1.82, 2.24) is 10.3 Å². The number of carbonyl (C=O) groups is 1. The standard InChI is InChI=1S/C21H20ClN3O3/c1-27-18-5-7-19(8-6-18)28-12-11-24-21(26)20-14-17(9-10-23-20)25-16-4-2-3-15(22)13-16/h2-10,13-14H,11-12H2,1H3,(H,23,25)(H,24,26). The van der Waals surface area contributed by atoms with Crippen molar-refractivity contribution in [2.75, 3.05) is 25.6 Å². The van der Waals surface area contributed by atoms with Crippen molar-refractivity contribution in [3.8, 4) is 11.5 Å². The van der Waals surface area contributed by atoms with Gasteiger partial charge in [-0.05, 0) is 54.6 Å². The van der Waals surface area contributed by atoms with E-state index in [0.717, 1.165) is 17.1 Å². The minimum absolute atomic E-state index is 0.270. The Balaban J connectivity index is 1.50. The second-order valence-electron chi connectivity index (χ2n) is 5.84. The topological polar surface area (TPSA) is 72.5 Å². The second kappa shape index (κ2) is 9.62. The molecule has 0 aliphatic rings. The lowest BCUT2D eigenvalue weighted by Gasteiger charge is -2.10. The minimum atomic E-state index is -0.270. The third-order valence-corrected chi connectivity index (χ3v) is 4.06. The van der Waals surface area contributed by atoms with Crippen LogP contribution < -0.4 is 20.1 Å². The van der Waals surface area contributed by atoms with Gasteiger partial charge in [0.15, 0.2) is 0 Å². The SMILES string of the molecule is COc1ccc(OCCNC(=O)c2cc(Nc3cccc(Cl)c3)ccn2)cc1. The Kier molecular flexibility index (Phi) is 6.70. The van der Waals surface area contributed by atoms with Crippen LogP contribution in [0.3, 0.4) is 0 Å². The number of methoxy groups -OCH3 is 1. The van der Waals surface area contributed by atoms with Gasteiger partial charge in [0.1, 0.15) is 23.8 Å². The summed E-state index contributed by atoms with van der Waals surface area (Å²) in [6, 6.07) is 18.1. The lowest BCUT2D eigenvalue weighted by Crippen LogP contribution is -2.28. The number of nitrogens with zero attached hydrogens (tertiary/aromatic N) is 1.